The van der Waals surface area contributed by atoms with Gasteiger partial charge in [-0.3, -0.25) is 13.8 Å². The van der Waals surface area contributed by atoms with Crippen molar-refractivity contribution in [1.29, 1.82) is 0 Å². The molecular formula is C60H109NO7P+. The molecule has 0 aliphatic carbocycles. The summed E-state index contributed by atoms with van der Waals surface area (Å²) in [5, 5.41) is 0. The lowest BCUT2D eigenvalue weighted by Crippen LogP contribution is -2.37. The largest absolute Gasteiger partial charge is 0.472 e. The molecule has 0 aliphatic rings. The quantitative estimate of drug-likeness (QED) is 0.0213. The third kappa shape index (κ3) is 56.5. The summed E-state index contributed by atoms with van der Waals surface area (Å²) in [4.78, 5) is 23.1. The predicted molar refractivity (Wildman–Crippen MR) is 298 cm³/mol. The summed E-state index contributed by atoms with van der Waals surface area (Å²) < 4.78 is 35.2. The van der Waals surface area contributed by atoms with E-state index in [1.54, 1.807) is 0 Å². The average molecular weight is 988 g/mol. The van der Waals surface area contributed by atoms with Crippen molar-refractivity contribution >= 4 is 13.8 Å². The van der Waals surface area contributed by atoms with Crippen molar-refractivity contribution in [1.82, 2.24) is 0 Å². The summed E-state index contributed by atoms with van der Waals surface area (Å²) in [6.45, 7) is 5.49. The average Bonchev–Trinajstić information content (AvgIpc) is 3.31. The van der Waals surface area contributed by atoms with Crippen LogP contribution in [0.4, 0.5) is 0 Å². The number of hydrogen-bond donors (Lipinski definition) is 1. The van der Waals surface area contributed by atoms with Crippen LogP contribution in [0.1, 0.15) is 232 Å². The van der Waals surface area contributed by atoms with Crippen molar-refractivity contribution in [3.8, 4) is 0 Å². The molecule has 1 N–H and O–H groups in total. The fourth-order valence-electron chi connectivity index (χ4n) is 7.61. The van der Waals surface area contributed by atoms with Crippen molar-refractivity contribution in [2.75, 3.05) is 54.1 Å². The van der Waals surface area contributed by atoms with E-state index in [1.807, 2.05) is 21.1 Å². The van der Waals surface area contributed by atoms with Crippen molar-refractivity contribution in [3.05, 3.63) is 85.1 Å². The zero-order valence-corrected chi connectivity index (χ0v) is 46.4. The van der Waals surface area contributed by atoms with Crippen LogP contribution in [0.5, 0.6) is 0 Å². The molecule has 0 aromatic carbocycles. The van der Waals surface area contributed by atoms with Gasteiger partial charge in [0, 0.05) is 13.0 Å². The summed E-state index contributed by atoms with van der Waals surface area (Å²) in [6, 6.07) is 0. The molecule has 0 amide bonds. The first-order valence-corrected chi connectivity index (χ1v) is 29.8. The van der Waals surface area contributed by atoms with E-state index in [0.717, 1.165) is 77.0 Å². The number of hydrogen-bond acceptors (Lipinski definition) is 6. The molecule has 0 radical (unpaired) electrons. The van der Waals surface area contributed by atoms with Crippen LogP contribution in [0.15, 0.2) is 85.1 Å². The molecule has 69 heavy (non-hydrogen) atoms. The highest BCUT2D eigenvalue weighted by atomic mass is 31.2. The van der Waals surface area contributed by atoms with Crippen LogP contribution < -0.4 is 0 Å². The Morgan fingerprint density at radius 3 is 1.26 bits per heavy atom. The number of rotatable bonds is 52. The van der Waals surface area contributed by atoms with Gasteiger partial charge in [0.1, 0.15) is 19.3 Å². The van der Waals surface area contributed by atoms with Gasteiger partial charge in [-0.25, -0.2) is 4.57 Å². The summed E-state index contributed by atoms with van der Waals surface area (Å²) in [6.07, 6.45) is 70.7. The number of carbonyl (C=O) groups excluding carboxylic acids is 1. The molecule has 0 spiro atoms. The number of ether oxygens (including phenoxy) is 2. The number of phosphoric acid groups is 1. The number of likely N-dealkylation sites (N-methyl/N-ethyl adjacent to an activating group) is 1. The summed E-state index contributed by atoms with van der Waals surface area (Å²) in [7, 11) is 1.65. The summed E-state index contributed by atoms with van der Waals surface area (Å²) >= 11 is 0. The van der Waals surface area contributed by atoms with E-state index in [4.69, 9.17) is 18.5 Å². The Labute approximate surface area is 426 Å². The Kier molecular flexibility index (Phi) is 50.3. The van der Waals surface area contributed by atoms with Crippen LogP contribution >= 0.6 is 7.82 Å². The van der Waals surface area contributed by atoms with Crippen LogP contribution in [-0.2, 0) is 27.9 Å². The zero-order valence-electron chi connectivity index (χ0n) is 45.5. The van der Waals surface area contributed by atoms with E-state index in [-0.39, 0.29) is 25.8 Å². The van der Waals surface area contributed by atoms with Gasteiger partial charge in [0.05, 0.1) is 34.4 Å². The number of allylic oxidation sites excluding steroid dienone is 14. The third-order valence-electron chi connectivity index (χ3n) is 11.9. The molecule has 0 saturated heterocycles. The van der Waals surface area contributed by atoms with Crippen molar-refractivity contribution in [2.24, 2.45) is 0 Å². The lowest BCUT2D eigenvalue weighted by atomic mass is 10.0. The SMILES string of the molecule is CC/C=C\C/C=C\C/C=C\C/C=C\C/C=C\CCCCCCCCCCOCC(COP(=O)(O)OCC[N+](C)(C)C)OC(=O)CCCCCCCCCCCCC/C=C\C/C=C\CCCCCCC. The first-order chi connectivity index (χ1) is 33.6. The standard InChI is InChI=1S/C60H108NO7P/c1-6-8-10-12-14-16-18-20-22-24-26-28-30-32-34-36-38-40-42-44-46-48-50-52-55-65-57-59(58-67-69(63,64)66-56-54-61(3,4)5)68-60(62)53-51-49-47-45-43-41-39-37-35-33-31-29-27-25-23-21-19-17-15-13-11-9-7-2/h8,10,14,16,19-22,25-28,32,34,59H,6-7,9,11-13,15,17-18,23-24,29-31,33,35-58H2,1-5H3/p+1/b10-8-,16-14-,21-19-,22-20-,27-25-,28-26-,34-32-. The minimum Gasteiger partial charge on any atom is -0.457 e. The molecule has 0 bridgehead atoms. The van der Waals surface area contributed by atoms with Gasteiger partial charge >= 0.3 is 13.8 Å². The second-order valence-electron chi connectivity index (χ2n) is 19.9. The van der Waals surface area contributed by atoms with Gasteiger partial charge in [-0.1, -0.05) is 221 Å². The van der Waals surface area contributed by atoms with E-state index >= 15 is 0 Å². The maximum atomic E-state index is 12.8. The normalized spacial score (nSPS) is 14.1. The Morgan fingerprint density at radius 2 is 0.841 bits per heavy atom. The number of nitrogens with zero attached hydrogens (tertiary/aromatic N) is 1. The minimum absolute atomic E-state index is 0.0827. The number of quaternary nitrogens is 1. The van der Waals surface area contributed by atoms with Crippen LogP contribution in [0.3, 0.4) is 0 Å². The van der Waals surface area contributed by atoms with Crippen molar-refractivity contribution < 1.29 is 37.3 Å². The highest BCUT2D eigenvalue weighted by molar-refractivity contribution is 7.47. The molecule has 8 nitrogen and oxygen atoms in total. The monoisotopic (exact) mass is 987 g/mol. The van der Waals surface area contributed by atoms with E-state index in [0.29, 0.717) is 24.1 Å². The van der Waals surface area contributed by atoms with E-state index in [2.05, 4.69) is 98.9 Å². The van der Waals surface area contributed by atoms with Crippen LogP contribution in [0, 0.1) is 0 Å². The zero-order chi connectivity index (χ0) is 50.5. The van der Waals surface area contributed by atoms with Gasteiger partial charge in [0.25, 0.3) is 0 Å². The summed E-state index contributed by atoms with van der Waals surface area (Å²) in [5.41, 5.74) is 0. The van der Waals surface area contributed by atoms with E-state index in [9.17, 15) is 14.3 Å². The van der Waals surface area contributed by atoms with Gasteiger partial charge in [-0.15, -0.1) is 0 Å². The Morgan fingerprint density at radius 1 is 0.464 bits per heavy atom. The first kappa shape index (κ1) is 66.7. The van der Waals surface area contributed by atoms with Gasteiger partial charge < -0.3 is 18.9 Å². The fraction of sp³-hybridized carbons (Fsp3) is 0.750. The maximum Gasteiger partial charge on any atom is 0.472 e. The molecule has 0 aromatic rings. The maximum absolute atomic E-state index is 12.8. The van der Waals surface area contributed by atoms with Gasteiger partial charge in [-0.05, 0) is 89.9 Å². The number of esters is 1. The third-order valence-corrected chi connectivity index (χ3v) is 12.9. The molecule has 9 heteroatoms. The van der Waals surface area contributed by atoms with Crippen LogP contribution in [-0.4, -0.2) is 75.6 Å². The predicted octanol–water partition coefficient (Wildman–Crippen LogP) is 18.0. The van der Waals surface area contributed by atoms with Crippen LogP contribution in [0.2, 0.25) is 0 Å². The molecule has 0 rings (SSSR count). The number of carbonyl (C=O) groups is 1. The van der Waals surface area contributed by atoms with Gasteiger partial charge in [0.15, 0.2) is 0 Å². The van der Waals surface area contributed by atoms with E-state index in [1.165, 1.54) is 135 Å². The Bertz CT molecular complexity index is 1380. The van der Waals surface area contributed by atoms with Crippen LogP contribution in [0.25, 0.3) is 0 Å². The first-order valence-electron chi connectivity index (χ1n) is 28.3. The van der Waals surface area contributed by atoms with Gasteiger partial charge in [-0.2, -0.15) is 0 Å². The highest BCUT2D eigenvalue weighted by Gasteiger charge is 2.26. The smallest absolute Gasteiger partial charge is 0.457 e. The molecule has 0 saturated carbocycles. The molecule has 2 unspecified atom stereocenters. The van der Waals surface area contributed by atoms with Gasteiger partial charge in [0.2, 0.25) is 0 Å². The second-order valence-corrected chi connectivity index (χ2v) is 21.4. The molecule has 0 aliphatic heterocycles. The summed E-state index contributed by atoms with van der Waals surface area (Å²) in [5.74, 6) is -0.320. The van der Waals surface area contributed by atoms with Crippen molar-refractivity contribution in [3.63, 3.8) is 0 Å². The second kappa shape index (κ2) is 52.0. The molecule has 0 aromatic heterocycles. The van der Waals surface area contributed by atoms with Crippen molar-refractivity contribution in [2.45, 2.75) is 238 Å². The fourth-order valence-corrected chi connectivity index (χ4v) is 8.35. The topological polar surface area (TPSA) is 91.3 Å². The Balaban J connectivity index is 4.13. The lowest BCUT2D eigenvalue weighted by Gasteiger charge is -2.24. The lowest BCUT2D eigenvalue weighted by molar-refractivity contribution is -0.870. The number of phosphoric ester groups is 1. The highest BCUT2D eigenvalue weighted by Crippen LogP contribution is 2.43. The molecule has 0 heterocycles. The molecule has 2 atom stereocenters. The molecular weight excluding hydrogens is 878 g/mol. The molecule has 0 fully saturated rings. The van der Waals surface area contributed by atoms with E-state index < -0.39 is 13.9 Å². The Hall–Kier alpha value is -2.32. The minimum atomic E-state index is -4.29. The number of unbranched alkanes of at least 4 members (excludes halogenated alkanes) is 24. The molecule has 400 valence electrons.